The van der Waals surface area contributed by atoms with Gasteiger partial charge in [0.25, 0.3) is 11.8 Å². The molecule has 1 fully saturated rings. The molecule has 2 aliphatic heterocycles. The maximum atomic E-state index is 15.4. The zero-order chi connectivity index (χ0) is 26.4. The van der Waals surface area contributed by atoms with Gasteiger partial charge in [0, 0.05) is 48.6 Å². The molecule has 10 heteroatoms. The first-order chi connectivity index (χ1) is 17.6. The molecule has 1 amide bonds. The van der Waals surface area contributed by atoms with Gasteiger partial charge in [-0.2, -0.15) is 8.78 Å². The molecule has 0 spiro atoms. The molecule has 2 atom stereocenters. The normalized spacial score (nSPS) is 21.2. The van der Waals surface area contributed by atoms with Crippen molar-refractivity contribution in [3.8, 4) is 11.1 Å². The highest BCUT2D eigenvalue weighted by molar-refractivity contribution is 6.04. The van der Waals surface area contributed by atoms with Gasteiger partial charge in [0.2, 0.25) is 0 Å². The van der Waals surface area contributed by atoms with Gasteiger partial charge in [-0.3, -0.25) is 14.8 Å². The monoisotopic (exact) mass is 514 g/mol. The first kappa shape index (κ1) is 25.1. The van der Waals surface area contributed by atoms with Crippen molar-refractivity contribution >= 4 is 17.3 Å². The maximum Gasteiger partial charge on any atom is 0.286 e. The average Bonchev–Trinajstić information content (AvgIpc) is 2.89. The van der Waals surface area contributed by atoms with Gasteiger partial charge in [0.05, 0.1) is 31.1 Å². The lowest BCUT2D eigenvalue weighted by Crippen LogP contribution is -2.61. The van der Waals surface area contributed by atoms with Gasteiger partial charge in [-0.25, -0.2) is 8.78 Å². The van der Waals surface area contributed by atoms with Crippen LogP contribution in [0.5, 0.6) is 0 Å². The van der Waals surface area contributed by atoms with Crippen LogP contribution in [0, 0.1) is 6.92 Å². The summed E-state index contributed by atoms with van der Waals surface area (Å²) in [7, 11) is 0. The van der Waals surface area contributed by atoms with Crippen molar-refractivity contribution in [2.45, 2.75) is 37.9 Å². The Morgan fingerprint density at radius 3 is 2.81 bits per heavy atom. The number of amides is 1. The molecule has 0 saturated carbocycles. The lowest BCUT2D eigenvalue weighted by molar-refractivity contribution is 0.000798. The Hall–Kier alpha value is -3.53. The van der Waals surface area contributed by atoms with E-state index in [2.05, 4.69) is 15.3 Å². The molecule has 6 nitrogen and oxygen atoms in total. The molecule has 5 rings (SSSR count). The van der Waals surface area contributed by atoms with Crippen LogP contribution in [0.1, 0.15) is 34.2 Å². The maximum absolute atomic E-state index is 15.4. The molecular formula is C27H26F4N4O2. The molecule has 1 saturated heterocycles. The van der Waals surface area contributed by atoms with E-state index >= 15 is 4.39 Å². The van der Waals surface area contributed by atoms with Crippen LogP contribution in [0.25, 0.3) is 11.1 Å². The Balaban J connectivity index is 1.45. The standard InChI is InChI=1S/C27H26F4N4O2/c1-16-21(11-20(13-33-16)34-25(36)18-5-6-32-23(10-18)26(2,29)30)17-3-4-19-12-27(31,15-28)24-14-37-8-7-35(24)22(19)9-17/h3-6,9-11,13,24H,7-8,12,14-15H2,1-2H3,(H,34,36)/t24-,27+/m0/s1. The minimum Gasteiger partial charge on any atom is -0.377 e. The van der Waals surface area contributed by atoms with Crippen molar-refractivity contribution in [1.82, 2.24) is 9.97 Å². The highest BCUT2D eigenvalue weighted by Crippen LogP contribution is 2.42. The molecular weight excluding hydrogens is 488 g/mol. The second-order valence-electron chi connectivity index (χ2n) is 9.60. The summed E-state index contributed by atoms with van der Waals surface area (Å²) in [6, 6.07) is 9.01. The zero-order valence-electron chi connectivity index (χ0n) is 20.4. The fraction of sp³-hybridized carbons (Fsp3) is 0.370. The van der Waals surface area contributed by atoms with Gasteiger partial charge >= 0.3 is 0 Å². The molecule has 1 N–H and O–H groups in total. The first-order valence-electron chi connectivity index (χ1n) is 11.9. The quantitative estimate of drug-likeness (QED) is 0.471. The summed E-state index contributed by atoms with van der Waals surface area (Å²) in [4.78, 5) is 22.7. The van der Waals surface area contributed by atoms with Gasteiger partial charge in [-0.15, -0.1) is 0 Å². The Morgan fingerprint density at radius 2 is 2.05 bits per heavy atom. The number of pyridine rings is 2. The van der Waals surface area contributed by atoms with Gasteiger partial charge in [-0.05, 0) is 42.3 Å². The SMILES string of the molecule is Cc1ncc(NC(=O)c2ccnc(C(C)(F)F)c2)cc1-c1ccc2c(c1)N1CCOC[C@H]1[C@](F)(CF)C2. The summed E-state index contributed by atoms with van der Waals surface area (Å²) in [5, 5.41) is 2.71. The highest BCUT2D eigenvalue weighted by Gasteiger charge is 2.48. The number of hydrogen-bond donors (Lipinski definition) is 1. The molecule has 37 heavy (non-hydrogen) atoms. The van der Waals surface area contributed by atoms with E-state index in [0.29, 0.717) is 24.5 Å². The summed E-state index contributed by atoms with van der Waals surface area (Å²) < 4.78 is 61.9. The summed E-state index contributed by atoms with van der Waals surface area (Å²) in [5.41, 5.74) is 1.71. The van der Waals surface area contributed by atoms with Crippen LogP contribution in [0.3, 0.4) is 0 Å². The van der Waals surface area contributed by atoms with Gasteiger partial charge in [0.15, 0.2) is 5.67 Å². The molecule has 0 radical (unpaired) electrons. The van der Waals surface area contributed by atoms with E-state index in [9.17, 15) is 18.0 Å². The minimum atomic E-state index is -3.17. The van der Waals surface area contributed by atoms with Crippen molar-refractivity contribution in [3.63, 3.8) is 0 Å². The summed E-state index contributed by atoms with van der Waals surface area (Å²) in [6.07, 6.45) is 2.62. The number of alkyl halides is 4. The summed E-state index contributed by atoms with van der Waals surface area (Å²) >= 11 is 0. The number of benzene rings is 1. The number of anilines is 2. The molecule has 194 valence electrons. The van der Waals surface area contributed by atoms with Crippen molar-refractivity contribution in [3.05, 3.63) is 71.3 Å². The van der Waals surface area contributed by atoms with Crippen LogP contribution in [0.15, 0.2) is 48.8 Å². The molecule has 0 aliphatic carbocycles. The predicted molar refractivity (Wildman–Crippen MR) is 132 cm³/mol. The highest BCUT2D eigenvalue weighted by atomic mass is 19.3. The number of aryl methyl sites for hydroxylation is 1. The number of rotatable bonds is 5. The number of nitrogens with one attached hydrogen (secondary N) is 1. The Bertz CT molecular complexity index is 1350. The second-order valence-corrected chi connectivity index (χ2v) is 9.60. The van der Waals surface area contributed by atoms with Crippen molar-refractivity contribution in [2.24, 2.45) is 0 Å². The van der Waals surface area contributed by atoms with Gasteiger partial charge in [0.1, 0.15) is 12.4 Å². The molecule has 1 aromatic carbocycles. The smallest absolute Gasteiger partial charge is 0.286 e. The number of hydrogen-bond acceptors (Lipinski definition) is 5. The number of nitrogens with zero attached hydrogens (tertiary/aromatic N) is 3. The van der Waals surface area contributed by atoms with Crippen LogP contribution in [0.2, 0.25) is 0 Å². The number of halogens is 4. The Kier molecular flexibility index (Phi) is 6.39. The van der Waals surface area contributed by atoms with Crippen molar-refractivity contribution < 1.29 is 27.1 Å². The molecule has 4 heterocycles. The fourth-order valence-electron chi connectivity index (χ4n) is 4.95. The zero-order valence-corrected chi connectivity index (χ0v) is 20.4. The van der Waals surface area contributed by atoms with E-state index in [1.54, 1.807) is 12.1 Å². The lowest BCUT2D eigenvalue weighted by Gasteiger charge is -2.48. The number of ether oxygens (including phenoxy) is 1. The lowest BCUT2D eigenvalue weighted by atomic mass is 9.82. The van der Waals surface area contributed by atoms with Crippen LogP contribution < -0.4 is 10.2 Å². The number of morpholine rings is 1. The number of aromatic nitrogens is 2. The van der Waals surface area contributed by atoms with Crippen LogP contribution in [0.4, 0.5) is 28.9 Å². The second kappa shape index (κ2) is 9.41. The van der Waals surface area contributed by atoms with Gasteiger partial charge in [-0.1, -0.05) is 12.1 Å². The molecule has 2 aliphatic rings. The largest absolute Gasteiger partial charge is 0.377 e. The van der Waals surface area contributed by atoms with Crippen LogP contribution in [-0.2, 0) is 17.1 Å². The van der Waals surface area contributed by atoms with E-state index in [4.69, 9.17) is 4.74 Å². The van der Waals surface area contributed by atoms with E-state index in [0.717, 1.165) is 35.4 Å². The van der Waals surface area contributed by atoms with Crippen molar-refractivity contribution in [2.75, 3.05) is 36.6 Å². The number of fused-ring (bicyclic) bond motifs is 3. The third kappa shape index (κ3) is 4.77. The number of carbonyl (C=O) groups excluding carboxylic acids is 1. The molecule has 3 aromatic rings. The predicted octanol–water partition coefficient (Wildman–Crippen LogP) is 5.26. The van der Waals surface area contributed by atoms with Crippen molar-refractivity contribution in [1.29, 1.82) is 0 Å². The summed E-state index contributed by atoms with van der Waals surface area (Å²) in [6.45, 7) is 2.45. The fourth-order valence-corrected chi connectivity index (χ4v) is 4.95. The molecule has 0 unspecified atom stereocenters. The average molecular weight is 515 g/mol. The Morgan fingerprint density at radius 1 is 1.24 bits per heavy atom. The first-order valence-corrected chi connectivity index (χ1v) is 11.9. The van der Waals surface area contributed by atoms with E-state index in [1.165, 1.54) is 18.5 Å². The van der Waals surface area contributed by atoms with Gasteiger partial charge < -0.3 is 15.0 Å². The topological polar surface area (TPSA) is 67.4 Å². The molecule has 0 bridgehead atoms. The van der Waals surface area contributed by atoms with E-state index < -0.39 is 35.9 Å². The van der Waals surface area contributed by atoms with E-state index in [1.807, 2.05) is 24.0 Å². The molecule has 2 aromatic heterocycles. The minimum absolute atomic E-state index is 0.0400. The van der Waals surface area contributed by atoms with Crippen LogP contribution >= 0.6 is 0 Å². The summed E-state index contributed by atoms with van der Waals surface area (Å²) in [5.74, 6) is -3.75. The van der Waals surface area contributed by atoms with Crippen LogP contribution in [-0.4, -0.2) is 54.0 Å². The Labute approximate surface area is 211 Å². The third-order valence-electron chi connectivity index (χ3n) is 6.95. The van der Waals surface area contributed by atoms with E-state index in [-0.39, 0.29) is 18.6 Å². The third-order valence-corrected chi connectivity index (χ3v) is 6.95. The number of carbonyl (C=O) groups is 1.